The van der Waals surface area contributed by atoms with Crippen molar-refractivity contribution in [3.8, 4) is 0 Å². The highest BCUT2D eigenvalue weighted by atomic mass is 16.2. The predicted octanol–water partition coefficient (Wildman–Crippen LogP) is 1.82. The number of hydrazone groups is 1. The number of nitrogens with one attached hydrogen (secondary N) is 1. The number of nitrogen functional groups attached to an aromatic ring is 1. The number of benzene rings is 1. The van der Waals surface area contributed by atoms with E-state index < -0.39 is 0 Å². The summed E-state index contributed by atoms with van der Waals surface area (Å²) in [5.74, 6) is -0.289. The Morgan fingerprint density at radius 1 is 1.21 bits per heavy atom. The summed E-state index contributed by atoms with van der Waals surface area (Å²) in [6.45, 7) is 1.81. The number of nitrogens with zero attached hydrogens (tertiary/aromatic N) is 2. The van der Waals surface area contributed by atoms with Gasteiger partial charge >= 0.3 is 0 Å². The van der Waals surface area contributed by atoms with Gasteiger partial charge in [-0.1, -0.05) is 12.1 Å². The van der Waals surface area contributed by atoms with Crippen LogP contribution in [0, 0.1) is 0 Å². The molecule has 96 valence electrons. The van der Waals surface area contributed by atoms with Crippen molar-refractivity contribution >= 4 is 17.3 Å². The molecule has 0 unspecified atom stereocenters. The lowest BCUT2D eigenvalue weighted by atomic mass is 10.1. The molecule has 5 heteroatoms. The molecule has 0 radical (unpaired) electrons. The van der Waals surface area contributed by atoms with Crippen LogP contribution < -0.4 is 11.2 Å². The highest BCUT2D eigenvalue weighted by Crippen LogP contribution is 2.06. The molecular weight excluding hydrogens is 240 g/mol. The first-order valence-electron chi connectivity index (χ1n) is 5.77. The van der Waals surface area contributed by atoms with E-state index in [4.69, 9.17) is 5.73 Å². The first kappa shape index (κ1) is 12.8. The number of nitrogens with two attached hydrogens (primary N) is 1. The molecule has 0 atom stereocenters. The fourth-order valence-electron chi connectivity index (χ4n) is 1.49. The van der Waals surface area contributed by atoms with Crippen LogP contribution in [0.5, 0.6) is 0 Å². The maximum Gasteiger partial charge on any atom is 0.272 e. The number of aromatic nitrogens is 1. The molecule has 0 aliphatic rings. The smallest absolute Gasteiger partial charge is 0.272 e. The normalized spacial score (nSPS) is 11.1. The van der Waals surface area contributed by atoms with Gasteiger partial charge in [-0.3, -0.25) is 9.78 Å². The number of amides is 1. The molecule has 0 aliphatic carbocycles. The standard InChI is InChI=1S/C14H14N4O/c1-10(11-4-6-13(15)7-5-11)17-18-14(19)12-3-2-8-16-9-12/h2-9H,15H2,1H3,(H,18,19). The van der Waals surface area contributed by atoms with Crippen molar-refractivity contribution in [2.24, 2.45) is 5.10 Å². The van der Waals surface area contributed by atoms with Gasteiger partial charge in [0.05, 0.1) is 11.3 Å². The summed E-state index contributed by atoms with van der Waals surface area (Å²) in [6.07, 6.45) is 3.10. The topological polar surface area (TPSA) is 80.4 Å². The molecule has 1 heterocycles. The SMILES string of the molecule is CC(=NNC(=O)c1cccnc1)c1ccc(N)cc1. The Bertz CT molecular complexity index is 591. The average Bonchev–Trinajstić information content (AvgIpc) is 2.46. The van der Waals surface area contributed by atoms with Gasteiger partial charge in [0.1, 0.15) is 0 Å². The number of carbonyl (C=O) groups excluding carboxylic acids is 1. The van der Waals surface area contributed by atoms with Crippen LogP contribution in [-0.4, -0.2) is 16.6 Å². The minimum atomic E-state index is -0.289. The van der Waals surface area contributed by atoms with Crippen LogP contribution in [0.2, 0.25) is 0 Å². The Labute approximate surface area is 111 Å². The van der Waals surface area contributed by atoms with E-state index in [9.17, 15) is 4.79 Å². The van der Waals surface area contributed by atoms with E-state index in [0.717, 1.165) is 5.56 Å². The van der Waals surface area contributed by atoms with E-state index in [-0.39, 0.29) is 5.91 Å². The van der Waals surface area contributed by atoms with E-state index in [0.29, 0.717) is 17.0 Å². The second-order valence-electron chi connectivity index (χ2n) is 4.00. The van der Waals surface area contributed by atoms with E-state index in [2.05, 4.69) is 15.5 Å². The third kappa shape index (κ3) is 3.38. The Morgan fingerprint density at radius 3 is 2.58 bits per heavy atom. The number of anilines is 1. The van der Waals surface area contributed by atoms with Gasteiger partial charge in [-0.05, 0) is 36.8 Å². The van der Waals surface area contributed by atoms with E-state index in [1.807, 2.05) is 19.1 Å². The number of pyridine rings is 1. The molecule has 0 saturated carbocycles. The fourth-order valence-corrected chi connectivity index (χ4v) is 1.49. The minimum Gasteiger partial charge on any atom is -0.399 e. The van der Waals surface area contributed by atoms with Gasteiger partial charge in [-0.15, -0.1) is 0 Å². The van der Waals surface area contributed by atoms with Crippen LogP contribution in [0.15, 0.2) is 53.9 Å². The first-order chi connectivity index (χ1) is 9.16. The van der Waals surface area contributed by atoms with Crippen molar-refractivity contribution in [3.63, 3.8) is 0 Å². The van der Waals surface area contributed by atoms with Crippen LogP contribution in [0.3, 0.4) is 0 Å². The fraction of sp³-hybridized carbons (Fsp3) is 0.0714. The lowest BCUT2D eigenvalue weighted by molar-refractivity contribution is 0.0954. The zero-order valence-corrected chi connectivity index (χ0v) is 10.5. The van der Waals surface area contributed by atoms with Crippen LogP contribution in [0.25, 0.3) is 0 Å². The summed E-state index contributed by atoms with van der Waals surface area (Å²) < 4.78 is 0. The molecule has 1 aromatic carbocycles. The Hall–Kier alpha value is -2.69. The Morgan fingerprint density at radius 2 is 1.95 bits per heavy atom. The minimum absolute atomic E-state index is 0.289. The molecule has 0 spiro atoms. The van der Waals surface area contributed by atoms with E-state index >= 15 is 0 Å². The van der Waals surface area contributed by atoms with Crippen LogP contribution in [0.4, 0.5) is 5.69 Å². The largest absolute Gasteiger partial charge is 0.399 e. The summed E-state index contributed by atoms with van der Waals surface area (Å²) >= 11 is 0. The van der Waals surface area contributed by atoms with Gasteiger partial charge in [0.15, 0.2) is 0 Å². The molecule has 2 rings (SSSR count). The second-order valence-corrected chi connectivity index (χ2v) is 4.00. The molecule has 5 nitrogen and oxygen atoms in total. The van der Waals surface area contributed by atoms with Crippen molar-refractivity contribution in [2.75, 3.05) is 5.73 Å². The molecule has 19 heavy (non-hydrogen) atoms. The maximum absolute atomic E-state index is 11.8. The maximum atomic E-state index is 11.8. The van der Waals surface area contributed by atoms with Gasteiger partial charge < -0.3 is 5.73 Å². The summed E-state index contributed by atoms with van der Waals surface area (Å²) in [5, 5.41) is 4.05. The van der Waals surface area contributed by atoms with E-state index in [1.165, 1.54) is 6.20 Å². The molecule has 0 saturated heterocycles. The number of carbonyl (C=O) groups is 1. The van der Waals surface area contributed by atoms with Crippen LogP contribution in [-0.2, 0) is 0 Å². The van der Waals surface area contributed by atoms with Gasteiger partial charge in [0, 0.05) is 18.1 Å². The number of rotatable bonds is 3. The Balaban J connectivity index is 2.06. The van der Waals surface area contributed by atoms with Crippen LogP contribution in [0.1, 0.15) is 22.8 Å². The van der Waals surface area contributed by atoms with Gasteiger partial charge in [-0.2, -0.15) is 5.10 Å². The van der Waals surface area contributed by atoms with E-state index in [1.54, 1.807) is 30.5 Å². The Kier molecular flexibility index (Phi) is 3.87. The monoisotopic (exact) mass is 254 g/mol. The molecule has 1 amide bonds. The van der Waals surface area contributed by atoms with Gasteiger partial charge in [0.25, 0.3) is 5.91 Å². The van der Waals surface area contributed by atoms with Crippen LogP contribution >= 0.6 is 0 Å². The molecule has 2 aromatic rings. The summed E-state index contributed by atoms with van der Waals surface area (Å²) in [6, 6.07) is 10.7. The number of hydrogen-bond donors (Lipinski definition) is 2. The highest BCUT2D eigenvalue weighted by molar-refractivity contribution is 6.00. The first-order valence-corrected chi connectivity index (χ1v) is 5.77. The van der Waals surface area contributed by atoms with Crippen molar-refractivity contribution in [3.05, 3.63) is 59.9 Å². The average molecular weight is 254 g/mol. The second kappa shape index (κ2) is 5.77. The molecular formula is C14H14N4O. The molecule has 3 N–H and O–H groups in total. The third-order valence-corrected chi connectivity index (χ3v) is 2.58. The lowest BCUT2D eigenvalue weighted by Gasteiger charge is -2.03. The quantitative estimate of drug-likeness (QED) is 0.498. The van der Waals surface area contributed by atoms with Crippen molar-refractivity contribution < 1.29 is 4.79 Å². The molecule has 0 fully saturated rings. The molecule has 0 aliphatic heterocycles. The lowest BCUT2D eigenvalue weighted by Crippen LogP contribution is -2.19. The van der Waals surface area contributed by atoms with Crippen molar-refractivity contribution in [1.29, 1.82) is 0 Å². The predicted molar refractivity (Wildman–Crippen MR) is 74.8 cm³/mol. The zero-order valence-electron chi connectivity index (χ0n) is 10.5. The summed E-state index contributed by atoms with van der Waals surface area (Å²) in [7, 11) is 0. The zero-order chi connectivity index (χ0) is 13.7. The van der Waals surface area contributed by atoms with Crippen molar-refractivity contribution in [1.82, 2.24) is 10.4 Å². The summed E-state index contributed by atoms with van der Waals surface area (Å²) in [4.78, 5) is 15.6. The van der Waals surface area contributed by atoms with Crippen molar-refractivity contribution in [2.45, 2.75) is 6.92 Å². The summed E-state index contributed by atoms with van der Waals surface area (Å²) in [5.41, 5.74) is 10.9. The van der Waals surface area contributed by atoms with Gasteiger partial charge in [0.2, 0.25) is 0 Å². The number of hydrogen-bond acceptors (Lipinski definition) is 4. The highest BCUT2D eigenvalue weighted by Gasteiger charge is 2.04. The van der Waals surface area contributed by atoms with Gasteiger partial charge in [-0.25, -0.2) is 5.43 Å². The third-order valence-electron chi connectivity index (χ3n) is 2.58. The molecule has 1 aromatic heterocycles. The molecule has 0 bridgehead atoms.